The second-order valence-electron chi connectivity index (χ2n) is 5.47. The third kappa shape index (κ3) is 3.57. The van der Waals surface area contributed by atoms with E-state index in [-0.39, 0.29) is 5.91 Å². The molecule has 1 atom stereocenters. The molecule has 1 aromatic carbocycles. The highest BCUT2D eigenvalue weighted by Crippen LogP contribution is 2.19. The van der Waals surface area contributed by atoms with Crippen LogP contribution >= 0.6 is 0 Å². The molecule has 0 fully saturated rings. The Hall–Kier alpha value is -1.35. The molecule has 0 saturated heterocycles. The number of rotatable bonds is 6. The number of hydrogen-bond acceptors (Lipinski definition) is 2. The number of nitrogens with zero attached hydrogens (tertiary/aromatic N) is 1. The molecule has 0 saturated carbocycles. The molecule has 0 spiro atoms. The van der Waals surface area contributed by atoms with E-state index in [1.165, 1.54) is 5.56 Å². The summed E-state index contributed by atoms with van der Waals surface area (Å²) in [6.07, 6.45) is 2.14. The second kappa shape index (κ2) is 6.71. The van der Waals surface area contributed by atoms with Crippen LogP contribution in [0, 0.1) is 5.92 Å². The summed E-state index contributed by atoms with van der Waals surface area (Å²) in [5, 5.41) is 3.42. The number of hydrogen-bond donors (Lipinski definition) is 1. The third-order valence-corrected chi connectivity index (χ3v) is 3.64. The minimum absolute atomic E-state index is 0.198. The largest absolute Gasteiger partial charge is 0.338 e. The number of carbonyl (C=O) groups excluding carboxylic acids is 1. The molecule has 0 bridgehead atoms. The Balaban J connectivity index is 1.91. The first kappa shape index (κ1) is 14.1. The van der Waals surface area contributed by atoms with Gasteiger partial charge in [0.2, 0.25) is 0 Å². The molecule has 1 aromatic rings. The molecule has 0 aromatic heterocycles. The summed E-state index contributed by atoms with van der Waals surface area (Å²) in [5.41, 5.74) is 2.09. The van der Waals surface area contributed by atoms with E-state index in [0.29, 0.717) is 5.92 Å². The van der Waals surface area contributed by atoms with E-state index in [4.69, 9.17) is 0 Å². The second-order valence-corrected chi connectivity index (χ2v) is 5.47. The number of nitrogens with one attached hydrogen (secondary N) is 1. The lowest BCUT2D eigenvalue weighted by Crippen LogP contribution is -2.42. The fourth-order valence-electron chi connectivity index (χ4n) is 2.61. The molecule has 104 valence electrons. The molecule has 1 heterocycles. The van der Waals surface area contributed by atoms with Crippen molar-refractivity contribution in [1.82, 2.24) is 10.2 Å². The number of carbonyl (C=O) groups is 1. The zero-order valence-electron chi connectivity index (χ0n) is 12.0. The van der Waals surface area contributed by atoms with Crippen molar-refractivity contribution < 1.29 is 4.79 Å². The lowest BCUT2D eigenvalue weighted by atomic mass is 9.98. The first-order chi connectivity index (χ1) is 9.22. The van der Waals surface area contributed by atoms with E-state index >= 15 is 0 Å². The van der Waals surface area contributed by atoms with Gasteiger partial charge in [-0.3, -0.25) is 4.79 Å². The van der Waals surface area contributed by atoms with Crippen LogP contribution in [0.2, 0.25) is 0 Å². The molecule has 3 heteroatoms. The van der Waals surface area contributed by atoms with Crippen LogP contribution in [0.5, 0.6) is 0 Å². The van der Waals surface area contributed by atoms with E-state index in [1.54, 1.807) is 0 Å². The Kier molecular flexibility index (Phi) is 4.97. The first-order valence-corrected chi connectivity index (χ1v) is 7.30. The Morgan fingerprint density at radius 3 is 2.95 bits per heavy atom. The predicted molar refractivity (Wildman–Crippen MR) is 78.4 cm³/mol. The first-order valence-electron chi connectivity index (χ1n) is 7.30. The van der Waals surface area contributed by atoms with Crippen molar-refractivity contribution in [3.8, 4) is 0 Å². The Morgan fingerprint density at radius 1 is 1.37 bits per heavy atom. The van der Waals surface area contributed by atoms with Gasteiger partial charge < -0.3 is 10.2 Å². The van der Waals surface area contributed by atoms with Crippen LogP contribution < -0.4 is 5.32 Å². The predicted octanol–water partition coefficient (Wildman–Crippen LogP) is 2.32. The van der Waals surface area contributed by atoms with Crippen LogP contribution in [0.4, 0.5) is 0 Å². The van der Waals surface area contributed by atoms with Crippen molar-refractivity contribution in [1.29, 1.82) is 0 Å². The van der Waals surface area contributed by atoms with Gasteiger partial charge in [-0.2, -0.15) is 0 Å². The van der Waals surface area contributed by atoms with E-state index in [1.807, 2.05) is 23.1 Å². The Bertz CT molecular complexity index is 431. The standard InChI is InChI=1S/C16H24N2O/c1-3-9-17-11-13(2)12-18-10-8-14-6-4-5-7-15(14)16(18)19/h4-7,13,17H,3,8-12H2,1-2H3. The molecule has 1 N–H and O–H groups in total. The van der Waals surface area contributed by atoms with Crippen molar-refractivity contribution in [3.63, 3.8) is 0 Å². The van der Waals surface area contributed by atoms with Crippen LogP contribution in [0.3, 0.4) is 0 Å². The minimum Gasteiger partial charge on any atom is -0.338 e. The maximum absolute atomic E-state index is 12.4. The Morgan fingerprint density at radius 2 is 2.16 bits per heavy atom. The van der Waals surface area contributed by atoms with Gasteiger partial charge in [-0.1, -0.05) is 32.0 Å². The average Bonchev–Trinajstić information content (AvgIpc) is 2.43. The molecular formula is C16H24N2O. The lowest BCUT2D eigenvalue weighted by Gasteiger charge is -2.30. The zero-order chi connectivity index (χ0) is 13.7. The van der Waals surface area contributed by atoms with Gasteiger partial charge >= 0.3 is 0 Å². The van der Waals surface area contributed by atoms with Crippen molar-refractivity contribution in [2.75, 3.05) is 26.2 Å². The van der Waals surface area contributed by atoms with Crippen molar-refractivity contribution in [3.05, 3.63) is 35.4 Å². The van der Waals surface area contributed by atoms with Gasteiger partial charge in [0.05, 0.1) is 0 Å². The molecule has 19 heavy (non-hydrogen) atoms. The summed E-state index contributed by atoms with van der Waals surface area (Å²) in [5.74, 6) is 0.699. The summed E-state index contributed by atoms with van der Waals surface area (Å²) in [6.45, 7) is 8.12. The molecule has 0 radical (unpaired) electrons. The fraction of sp³-hybridized carbons (Fsp3) is 0.562. The van der Waals surface area contributed by atoms with Gasteiger partial charge in [0.15, 0.2) is 0 Å². The van der Waals surface area contributed by atoms with Gasteiger partial charge in [0.25, 0.3) is 5.91 Å². The van der Waals surface area contributed by atoms with Gasteiger partial charge in [0.1, 0.15) is 0 Å². The van der Waals surface area contributed by atoms with Crippen LogP contribution in [0.25, 0.3) is 0 Å². The average molecular weight is 260 g/mol. The summed E-state index contributed by atoms with van der Waals surface area (Å²) in [4.78, 5) is 14.4. The molecule has 1 aliphatic rings. The molecule has 2 rings (SSSR count). The van der Waals surface area contributed by atoms with Crippen molar-refractivity contribution in [2.24, 2.45) is 5.92 Å². The Labute approximate surface area is 116 Å². The van der Waals surface area contributed by atoms with E-state index in [9.17, 15) is 4.79 Å². The molecular weight excluding hydrogens is 236 g/mol. The van der Waals surface area contributed by atoms with Crippen LogP contribution in [0.1, 0.15) is 36.2 Å². The summed E-state index contributed by atoms with van der Waals surface area (Å²) >= 11 is 0. The number of fused-ring (bicyclic) bond motifs is 1. The SMILES string of the molecule is CCCNCC(C)CN1CCc2ccccc2C1=O. The van der Waals surface area contributed by atoms with Crippen LogP contribution in [0.15, 0.2) is 24.3 Å². The highest BCUT2D eigenvalue weighted by atomic mass is 16.2. The monoisotopic (exact) mass is 260 g/mol. The highest BCUT2D eigenvalue weighted by Gasteiger charge is 2.24. The highest BCUT2D eigenvalue weighted by molar-refractivity contribution is 5.96. The topological polar surface area (TPSA) is 32.3 Å². The molecule has 3 nitrogen and oxygen atoms in total. The van der Waals surface area contributed by atoms with Gasteiger partial charge in [-0.05, 0) is 43.5 Å². The summed E-state index contributed by atoms with van der Waals surface area (Å²) < 4.78 is 0. The fourth-order valence-corrected chi connectivity index (χ4v) is 2.61. The van der Waals surface area contributed by atoms with Crippen molar-refractivity contribution >= 4 is 5.91 Å². The maximum atomic E-state index is 12.4. The smallest absolute Gasteiger partial charge is 0.254 e. The van der Waals surface area contributed by atoms with Gasteiger partial charge in [0, 0.05) is 18.7 Å². The maximum Gasteiger partial charge on any atom is 0.254 e. The number of benzene rings is 1. The van der Waals surface area contributed by atoms with Crippen LogP contribution in [-0.4, -0.2) is 37.0 Å². The van der Waals surface area contributed by atoms with E-state index in [2.05, 4.69) is 25.2 Å². The normalized spacial score (nSPS) is 16.3. The van der Waals surface area contributed by atoms with Crippen molar-refractivity contribution in [2.45, 2.75) is 26.7 Å². The van der Waals surface area contributed by atoms with Gasteiger partial charge in [-0.15, -0.1) is 0 Å². The van der Waals surface area contributed by atoms with Crippen LogP contribution in [-0.2, 0) is 6.42 Å². The minimum atomic E-state index is 0.198. The molecule has 1 aliphatic heterocycles. The quantitative estimate of drug-likeness (QED) is 0.796. The zero-order valence-corrected chi connectivity index (χ0v) is 12.0. The molecule has 1 unspecified atom stereocenters. The summed E-state index contributed by atoms with van der Waals surface area (Å²) in [7, 11) is 0. The molecule has 0 aliphatic carbocycles. The third-order valence-electron chi connectivity index (χ3n) is 3.64. The number of amides is 1. The molecule has 1 amide bonds. The van der Waals surface area contributed by atoms with Gasteiger partial charge in [-0.25, -0.2) is 0 Å². The summed E-state index contributed by atoms with van der Waals surface area (Å²) in [6, 6.07) is 7.98. The lowest BCUT2D eigenvalue weighted by molar-refractivity contribution is 0.0715. The van der Waals surface area contributed by atoms with E-state index in [0.717, 1.165) is 44.6 Å². The van der Waals surface area contributed by atoms with E-state index < -0.39 is 0 Å².